The van der Waals surface area contributed by atoms with Crippen molar-refractivity contribution in [2.75, 3.05) is 13.1 Å². The standard InChI is InChI=1S/C31H49NO5/c1-17-6-7-28-18(2)22-9-11-31(35)24(23(22)16-32(28)15-17)13-25-26(31)14-29(37-20(4)34)27-12-21(36-19(3)33)8-10-30(25,27)5/h17-18,21-29,35H,6-16H2,1-5H3/t17-,18-,21?,22-,23?,24+,25+,26?,27-,28+,29?,30?,31+/m1/s1. The van der Waals surface area contributed by atoms with E-state index in [-0.39, 0.29) is 41.4 Å². The topological polar surface area (TPSA) is 76.1 Å². The van der Waals surface area contributed by atoms with Gasteiger partial charge in [0.05, 0.1) is 5.60 Å². The highest BCUT2D eigenvalue weighted by Gasteiger charge is 2.68. The maximum Gasteiger partial charge on any atom is 0.302 e. The van der Waals surface area contributed by atoms with Gasteiger partial charge in [-0.3, -0.25) is 14.5 Å². The lowest BCUT2D eigenvalue weighted by molar-refractivity contribution is -0.195. The van der Waals surface area contributed by atoms with Crippen molar-refractivity contribution in [2.45, 2.75) is 116 Å². The van der Waals surface area contributed by atoms with E-state index in [0.29, 0.717) is 29.6 Å². The molecule has 1 N–H and O–H groups in total. The Labute approximate surface area is 223 Å². The van der Waals surface area contributed by atoms with Crippen LogP contribution >= 0.6 is 0 Å². The molecule has 5 unspecified atom stereocenters. The zero-order valence-corrected chi connectivity index (χ0v) is 23.7. The van der Waals surface area contributed by atoms with E-state index in [1.165, 1.54) is 33.2 Å². The highest BCUT2D eigenvalue weighted by molar-refractivity contribution is 5.66. The molecule has 2 saturated heterocycles. The van der Waals surface area contributed by atoms with Crippen molar-refractivity contribution in [1.29, 1.82) is 0 Å². The summed E-state index contributed by atoms with van der Waals surface area (Å²) in [5.74, 6) is 3.41. The van der Waals surface area contributed by atoms with Gasteiger partial charge in [-0.15, -0.1) is 0 Å². The Morgan fingerprint density at radius 3 is 2.30 bits per heavy atom. The molecule has 4 saturated carbocycles. The Morgan fingerprint density at radius 2 is 1.57 bits per heavy atom. The van der Waals surface area contributed by atoms with Crippen LogP contribution in [0, 0.1) is 52.8 Å². The number of carbonyl (C=O) groups is 2. The van der Waals surface area contributed by atoms with Crippen LogP contribution in [0.15, 0.2) is 0 Å². The van der Waals surface area contributed by atoms with E-state index in [4.69, 9.17) is 9.47 Å². The molecular formula is C31H49NO5. The van der Waals surface area contributed by atoms with Crippen LogP contribution < -0.4 is 0 Å². The number of ether oxygens (including phenoxy) is 2. The summed E-state index contributed by atoms with van der Waals surface area (Å²) in [6, 6.07) is 0.721. The first-order valence-electron chi connectivity index (χ1n) is 15.3. The van der Waals surface area contributed by atoms with Crippen LogP contribution in [0.4, 0.5) is 0 Å². The van der Waals surface area contributed by atoms with Crippen molar-refractivity contribution in [1.82, 2.24) is 4.90 Å². The van der Waals surface area contributed by atoms with Gasteiger partial charge in [0.2, 0.25) is 0 Å². The van der Waals surface area contributed by atoms with Crippen LogP contribution in [0.25, 0.3) is 0 Å². The van der Waals surface area contributed by atoms with Gasteiger partial charge in [-0.05, 0) is 105 Å². The number of fused-ring (bicyclic) bond motifs is 8. The SMILES string of the molecule is CC(=O)OC1CCC2(C)[C@H](C1)C(OC(C)=O)CC1[C@@H]2C[C@H]2C3CN4C[C@H](C)CC[C@H]4[C@H](C)[C@H]3CC[C@@]12O. The zero-order valence-electron chi connectivity index (χ0n) is 23.7. The van der Waals surface area contributed by atoms with Crippen molar-refractivity contribution in [3.05, 3.63) is 0 Å². The summed E-state index contributed by atoms with van der Waals surface area (Å²) in [5.41, 5.74) is -0.663. The van der Waals surface area contributed by atoms with Gasteiger partial charge in [0.1, 0.15) is 12.2 Å². The summed E-state index contributed by atoms with van der Waals surface area (Å²) in [7, 11) is 0. The number of aliphatic hydroxyl groups is 1. The minimum atomic E-state index is -0.654. The van der Waals surface area contributed by atoms with E-state index in [1.807, 2.05) is 0 Å². The zero-order chi connectivity index (χ0) is 26.3. The molecule has 6 aliphatic rings. The third-order valence-electron chi connectivity index (χ3n) is 12.7. The fraction of sp³-hybridized carbons (Fsp3) is 0.935. The average molecular weight is 516 g/mol. The Bertz CT molecular complexity index is 921. The molecule has 208 valence electrons. The van der Waals surface area contributed by atoms with Gasteiger partial charge in [0.15, 0.2) is 0 Å². The first kappa shape index (κ1) is 26.1. The largest absolute Gasteiger partial charge is 0.463 e. The van der Waals surface area contributed by atoms with Crippen molar-refractivity contribution < 1.29 is 24.2 Å². The van der Waals surface area contributed by atoms with Gasteiger partial charge >= 0.3 is 11.9 Å². The molecule has 6 rings (SSSR count). The molecule has 4 aliphatic carbocycles. The van der Waals surface area contributed by atoms with Crippen LogP contribution in [-0.4, -0.2) is 58.9 Å². The second kappa shape index (κ2) is 9.21. The van der Waals surface area contributed by atoms with Crippen molar-refractivity contribution >= 4 is 11.9 Å². The van der Waals surface area contributed by atoms with E-state index >= 15 is 0 Å². The molecule has 6 nitrogen and oxygen atoms in total. The molecule has 37 heavy (non-hydrogen) atoms. The van der Waals surface area contributed by atoms with Crippen molar-refractivity contribution in [3.8, 4) is 0 Å². The van der Waals surface area contributed by atoms with E-state index in [2.05, 4.69) is 25.7 Å². The van der Waals surface area contributed by atoms with E-state index < -0.39 is 5.60 Å². The van der Waals surface area contributed by atoms with Crippen molar-refractivity contribution in [3.63, 3.8) is 0 Å². The molecule has 0 aromatic carbocycles. The van der Waals surface area contributed by atoms with Crippen molar-refractivity contribution in [2.24, 2.45) is 52.8 Å². The summed E-state index contributed by atoms with van der Waals surface area (Å²) in [5, 5.41) is 12.6. The molecule has 0 bridgehead atoms. The molecule has 6 fully saturated rings. The Morgan fingerprint density at radius 1 is 0.811 bits per heavy atom. The Kier molecular flexibility index (Phi) is 6.50. The molecular weight excluding hydrogens is 466 g/mol. The predicted molar refractivity (Wildman–Crippen MR) is 140 cm³/mol. The van der Waals surface area contributed by atoms with E-state index in [9.17, 15) is 14.7 Å². The minimum Gasteiger partial charge on any atom is -0.463 e. The van der Waals surface area contributed by atoms with E-state index in [0.717, 1.165) is 63.5 Å². The lowest BCUT2D eigenvalue weighted by Crippen LogP contribution is -2.62. The third kappa shape index (κ3) is 4.10. The van der Waals surface area contributed by atoms with Gasteiger partial charge in [-0.1, -0.05) is 20.8 Å². The summed E-state index contributed by atoms with van der Waals surface area (Å²) < 4.78 is 11.7. The molecule has 2 aliphatic heterocycles. The van der Waals surface area contributed by atoms with Gasteiger partial charge in [-0.2, -0.15) is 0 Å². The monoisotopic (exact) mass is 515 g/mol. The van der Waals surface area contributed by atoms with E-state index in [1.54, 1.807) is 0 Å². The molecule has 2 heterocycles. The first-order chi connectivity index (χ1) is 17.5. The fourth-order valence-corrected chi connectivity index (χ4v) is 11.2. The molecule has 0 amide bonds. The fourth-order valence-electron chi connectivity index (χ4n) is 11.2. The second-order valence-electron chi connectivity index (χ2n) is 14.5. The average Bonchev–Trinajstić information content (AvgIpc) is 3.13. The molecule has 6 heteroatoms. The van der Waals surface area contributed by atoms with Crippen LogP contribution in [0.1, 0.15) is 92.4 Å². The lowest BCUT2D eigenvalue weighted by Gasteiger charge is -2.59. The van der Waals surface area contributed by atoms with Crippen LogP contribution in [0.2, 0.25) is 0 Å². The van der Waals surface area contributed by atoms with Gasteiger partial charge in [0, 0.05) is 38.9 Å². The number of hydrogen-bond acceptors (Lipinski definition) is 6. The van der Waals surface area contributed by atoms with Crippen LogP contribution in [-0.2, 0) is 19.1 Å². The molecule has 0 radical (unpaired) electrons. The highest BCUT2D eigenvalue weighted by atomic mass is 16.5. The van der Waals surface area contributed by atoms with Gasteiger partial charge in [-0.25, -0.2) is 0 Å². The number of esters is 2. The Balaban J connectivity index is 1.30. The first-order valence-corrected chi connectivity index (χ1v) is 15.3. The second-order valence-corrected chi connectivity index (χ2v) is 14.5. The number of piperidine rings is 2. The number of rotatable bonds is 2. The van der Waals surface area contributed by atoms with Crippen LogP contribution in [0.5, 0.6) is 0 Å². The summed E-state index contributed by atoms with van der Waals surface area (Å²) in [6.45, 7) is 12.7. The molecule has 0 aromatic heterocycles. The molecule has 13 atom stereocenters. The quantitative estimate of drug-likeness (QED) is 0.532. The highest BCUT2D eigenvalue weighted by Crippen LogP contribution is 2.68. The smallest absolute Gasteiger partial charge is 0.302 e. The van der Waals surface area contributed by atoms with Gasteiger partial charge in [0.25, 0.3) is 0 Å². The number of carbonyl (C=O) groups excluding carboxylic acids is 2. The minimum absolute atomic E-state index is 0.00922. The number of hydrogen-bond donors (Lipinski definition) is 1. The predicted octanol–water partition coefficient (Wildman–Crippen LogP) is 4.82. The molecule has 0 aromatic rings. The van der Waals surface area contributed by atoms with Crippen LogP contribution in [0.3, 0.4) is 0 Å². The summed E-state index contributed by atoms with van der Waals surface area (Å²) in [4.78, 5) is 26.8. The lowest BCUT2D eigenvalue weighted by atomic mass is 9.50. The normalized spacial score (nSPS) is 53.1. The maximum atomic E-state index is 12.6. The Hall–Kier alpha value is -1.14. The summed E-state index contributed by atoms with van der Waals surface area (Å²) >= 11 is 0. The summed E-state index contributed by atoms with van der Waals surface area (Å²) in [6.07, 6.45) is 8.85. The maximum absolute atomic E-state index is 12.6. The van der Waals surface area contributed by atoms with Gasteiger partial charge < -0.3 is 14.6 Å². The molecule has 0 spiro atoms. The number of nitrogens with zero attached hydrogens (tertiary/aromatic N) is 1. The third-order valence-corrected chi connectivity index (χ3v) is 12.7.